The van der Waals surface area contributed by atoms with E-state index in [9.17, 15) is 17.6 Å². The Hall–Kier alpha value is -2.65. The second-order valence-corrected chi connectivity index (χ2v) is 9.24. The zero-order valence-corrected chi connectivity index (χ0v) is 18.3. The van der Waals surface area contributed by atoms with Crippen LogP contribution < -0.4 is 9.50 Å². The Morgan fingerprint density at radius 1 is 1.10 bits per heavy atom. The third kappa shape index (κ3) is 7.00. The summed E-state index contributed by atoms with van der Waals surface area (Å²) < 4.78 is 48.7. The van der Waals surface area contributed by atoms with Gasteiger partial charge in [0.2, 0.25) is 0 Å². The van der Waals surface area contributed by atoms with E-state index in [1.165, 1.54) is 18.1 Å². The van der Waals surface area contributed by atoms with Crippen LogP contribution in [-0.2, 0) is 21.4 Å². The molecule has 164 valence electrons. The molecule has 0 aromatic heterocycles. The number of urea groups is 1. The Kier molecular flexibility index (Phi) is 7.80. The molecule has 0 aliphatic heterocycles. The van der Waals surface area contributed by atoms with Crippen LogP contribution in [0.25, 0.3) is 0 Å². The van der Waals surface area contributed by atoms with Crippen LogP contribution in [0.5, 0.6) is 5.75 Å². The molecule has 0 spiro atoms. The lowest BCUT2D eigenvalue weighted by atomic mass is 10.1. The molecule has 0 saturated carbocycles. The van der Waals surface area contributed by atoms with Gasteiger partial charge in [-0.05, 0) is 51.1 Å². The molecular formula is C21H27FN2O5S. The zero-order valence-electron chi connectivity index (χ0n) is 17.5. The van der Waals surface area contributed by atoms with E-state index < -0.39 is 21.5 Å². The molecule has 9 heteroatoms. The summed E-state index contributed by atoms with van der Waals surface area (Å²) >= 11 is 0. The molecule has 2 rings (SSSR count). The van der Waals surface area contributed by atoms with Crippen molar-refractivity contribution in [2.24, 2.45) is 0 Å². The molecule has 0 bridgehead atoms. The predicted octanol–water partition coefficient (Wildman–Crippen LogP) is 3.55. The number of carbonyl (C=O) groups is 1. The van der Waals surface area contributed by atoms with Crippen molar-refractivity contribution < 1.29 is 26.5 Å². The first-order valence-electron chi connectivity index (χ1n) is 9.36. The average Bonchev–Trinajstić information content (AvgIpc) is 2.65. The minimum Gasteiger partial charge on any atom is -0.383 e. The maximum absolute atomic E-state index is 13.1. The monoisotopic (exact) mass is 438 g/mol. The average molecular weight is 439 g/mol. The molecule has 0 atom stereocenters. The van der Waals surface area contributed by atoms with E-state index in [-0.39, 0.29) is 23.2 Å². The van der Waals surface area contributed by atoms with Crippen molar-refractivity contribution in [1.82, 2.24) is 10.2 Å². The van der Waals surface area contributed by atoms with Crippen LogP contribution in [0.1, 0.15) is 26.3 Å². The van der Waals surface area contributed by atoms with Crippen molar-refractivity contribution in [1.29, 1.82) is 0 Å². The molecule has 0 aliphatic rings. The molecule has 0 aliphatic carbocycles. The fraction of sp³-hybridized carbons (Fsp3) is 0.381. The van der Waals surface area contributed by atoms with Crippen molar-refractivity contribution >= 4 is 16.1 Å². The molecule has 2 aromatic carbocycles. The number of hydrogen-bond acceptors (Lipinski definition) is 5. The summed E-state index contributed by atoms with van der Waals surface area (Å²) in [5.74, 6) is -0.458. The van der Waals surface area contributed by atoms with Crippen LogP contribution in [0.15, 0.2) is 53.4 Å². The van der Waals surface area contributed by atoms with E-state index in [4.69, 9.17) is 8.92 Å². The molecule has 7 nitrogen and oxygen atoms in total. The predicted molar refractivity (Wildman–Crippen MR) is 111 cm³/mol. The first kappa shape index (κ1) is 23.6. The van der Waals surface area contributed by atoms with E-state index in [2.05, 4.69) is 5.32 Å². The highest BCUT2D eigenvalue weighted by Crippen LogP contribution is 2.24. The smallest absolute Gasteiger partial charge is 0.339 e. The number of benzene rings is 2. The van der Waals surface area contributed by atoms with E-state index in [0.29, 0.717) is 18.7 Å². The Labute approximate surface area is 176 Å². The van der Waals surface area contributed by atoms with Crippen LogP contribution in [0, 0.1) is 5.82 Å². The Balaban J connectivity index is 2.27. The molecule has 0 radical (unpaired) electrons. The molecule has 0 fully saturated rings. The highest BCUT2D eigenvalue weighted by molar-refractivity contribution is 7.87. The summed E-state index contributed by atoms with van der Waals surface area (Å²) in [6, 6.07) is 10.6. The highest BCUT2D eigenvalue weighted by atomic mass is 32.2. The van der Waals surface area contributed by atoms with Gasteiger partial charge in [-0.1, -0.05) is 18.2 Å². The maximum Gasteiger partial charge on any atom is 0.339 e. The van der Waals surface area contributed by atoms with Crippen LogP contribution in [0.2, 0.25) is 0 Å². The largest absolute Gasteiger partial charge is 0.383 e. The summed E-state index contributed by atoms with van der Waals surface area (Å²) in [6.45, 7) is 6.33. The molecule has 0 unspecified atom stereocenters. The van der Waals surface area contributed by atoms with Crippen molar-refractivity contribution in [2.45, 2.75) is 37.8 Å². The fourth-order valence-electron chi connectivity index (χ4n) is 2.54. The molecule has 0 saturated heterocycles. The standard InChI is InChI=1S/C21H27FN2O5S/c1-21(2,3)23-20(25)24(13-14-28-4)15-16-7-5-6-8-19(16)29-30(26,27)18-11-9-17(22)10-12-18/h5-12H,13-15H2,1-4H3,(H,23,25). The molecule has 2 amide bonds. The number of carbonyl (C=O) groups excluding carboxylic acids is 1. The zero-order chi connectivity index (χ0) is 22.4. The number of nitrogens with zero attached hydrogens (tertiary/aromatic N) is 1. The summed E-state index contributed by atoms with van der Waals surface area (Å²) in [5.41, 5.74) is 0.0630. The van der Waals surface area contributed by atoms with Gasteiger partial charge in [0, 0.05) is 24.8 Å². The molecule has 30 heavy (non-hydrogen) atoms. The van der Waals surface area contributed by atoms with Crippen molar-refractivity contribution in [3.05, 3.63) is 59.9 Å². The number of methoxy groups -OCH3 is 1. The van der Waals surface area contributed by atoms with Crippen molar-refractivity contribution in [3.8, 4) is 5.75 Å². The van der Waals surface area contributed by atoms with Crippen molar-refractivity contribution in [2.75, 3.05) is 20.3 Å². The first-order chi connectivity index (χ1) is 14.0. The Bertz CT molecular complexity index is 956. The van der Waals surface area contributed by atoms with Gasteiger partial charge in [0.1, 0.15) is 16.5 Å². The highest BCUT2D eigenvalue weighted by Gasteiger charge is 2.23. The molecular weight excluding hydrogens is 411 g/mol. The Morgan fingerprint density at radius 2 is 1.73 bits per heavy atom. The number of halogens is 1. The second-order valence-electron chi connectivity index (χ2n) is 7.69. The third-order valence-electron chi connectivity index (χ3n) is 3.97. The number of rotatable bonds is 8. The lowest BCUT2D eigenvalue weighted by Crippen LogP contribution is -2.49. The van der Waals surface area contributed by atoms with Crippen LogP contribution >= 0.6 is 0 Å². The fourth-order valence-corrected chi connectivity index (χ4v) is 3.51. The van der Waals surface area contributed by atoms with E-state index in [0.717, 1.165) is 24.3 Å². The lowest BCUT2D eigenvalue weighted by molar-refractivity contribution is 0.142. The molecule has 0 heterocycles. The quantitative estimate of drug-likeness (QED) is 0.637. The Morgan fingerprint density at radius 3 is 2.33 bits per heavy atom. The van der Waals surface area contributed by atoms with E-state index >= 15 is 0 Å². The van der Waals surface area contributed by atoms with E-state index in [1.54, 1.807) is 18.2 Å². The van der Waals surface area contributed by atoms with Gasteiger partial charge in [0.05, 0.1) is 13.2 Å². The molecule has 1 N–H and O–H groups in total. The lowest BCUT2D eigenvalue weighted by Gasteiger charge is -2.28. The van der Waals surface area contributed by atoms with Gasteiger partial charge in [0.25, 0.3) is 0 Å². The summed E-state index contributed by atoms with van der Waals surface area (Å²) in [6.07, 6.45) is 0. The van der Waals surface area contributed by atoms with Gasteiger partial charge >= 0.3 is 16.1 Å². The third-order valence-corrected chi connectivity index (χ3v) is 5.22. The van der Waals surface area contributed by atoms with Crippen molar-refractivity contribution in [3.63, 3.8) is 0 Å². The summed E-state index contributed by atoms with van der Waals surface area (Å²) in [4.78, 5) is 14.0. The number of hydrogen-bond donors (Lipinski definition) is 1. The topological polar surface area (TPSA) is 84.9 Å². The van der Waals surface area contributed by atoms with Gasteiger partial charge in [-0.2, -0.15) is 8.42 Å². The van der Waals surface area contributed by atoms with Crippen LogP contribution in [0.3, 0.4) is 0 Å². The van der Waals surface area contributed by atoms with Gasteiger partial charge < -0.3 is 19.1 Å². The first-order valence-corrected chi connectivity index (χ1v) is 10.8. The number of nitrogens with one attached hydrogen (secondary N) is 1. The van der Waals surface area contributed by atoms with E-state index in [1.807, 2.05) is 20.8 Å². The summed E-state index contributed by atoms with van der Waals surface area (Å²) in [7, 11) is -2.63. The number of para-hydroxylation sites is 1. The SMILES string of the molecule is COCCN(Cc1ccccc1OS(=O)(=O)c1ccc(F)cc1)C(=O)NC(C)(C)C. The number of amides is 2. The van der Waals surface area contributed by atoms with Crippen LogP contribution in [-0.4, -0.2) is 45.1 Å². The maximum atomic E-state index is 13.1. The van der Waals surface area contributed by atoms with Crippen LogP contribution in [0.4, 0.5) is 9.18 Å². The van der Waals surface area contributed by atoms with Gasteiger partial charge in [-0.25, -0.2) is 9.18 Å². The van der Waals surface area contributed by atoms with Gasteiger partial charge in [0.15, 0.2) is 0 Å². The molecule has 2 aromatic rings. The second kappa shape index (κ2) is 9.90. The van der Waals surface area contributed by atoms with Gasteiger partial charge in [-0.3, -0.25) is 0 Å². The minimum atomic E-state index is -4.16. The minimum absolute atomic E-state index is 0.0906. The number of ether oxygens (including phenoxy) is 1. The normalized spacial score (nSPS) is 11.8. The van der Waals surface area contributed by atoms with Gasteiger partial charge in [-0.15, -0.1) is 0 Å². The summed E-state index contributed by atoms with van der Waals surface area (Å²) in [5, 5.41) is 2.88.